The second-order valence-electron chi connectivity index (χ2n) is 5.08. The number of hydrogen-bond donors (Lipinski definition) is 4. The van der Waals surface area contributed by atoms with E-state index in [4.69, 9.17) is 10.8 Å². The van der Waals surface area contributed by atoms with Crippen LogP contribution in [0.15, 0.2) is 53.4 Å². The molecule has 0 atom stereocenters. The van der Waals surface area contributed by atoms with Gasteiger partial charge in [-0.1, -0.05) is 12.1 Å². The van der Waals surface area contributed by atoms with Crippen LogP contribution >= 0.6 is 11.8 Å². The molecule has 24 heavy (non-hydrogen) atoms. The van der Waals surface area contributed by atoms with E-state index in [1.54, 1.807) is 12.1 Å². The first-order chi connectivity index (χ1) is 11.5. The fraction of sp³-hybridized carbons (Fsp3) is 0.176. The van der Waals surface area contributed by atoms with Crippen LogP contribution in [0.5, 0.6) is 0 Å². The molecule has 0 saturated heterocycles. The third-order valence-electron chi connectivity index (χ3n) is 3.19. The van der Waals surface area contributed by atoms with Crippen molar-refractivity contribution in [3.05, 3.63) is 54.1 Å². The van der Waals surface area contributed by atoms with Crippen LogP contribution in [-0.4, -0.2) is 29.4 Å². The predicted octanol–water partition coefficient (Wildman–Crippen LogP) is 2.81. The summed E-state index contributed by atoms with van der Waals surface area (Å²) in [6.45, 7) is 0.535. The Morgan fingerprint density at radius 2 is 1.71 bits per heavy atom. The molecule has 0 unspecified atom stereocenters. The maximum absolute atomic E-state index is 11.8. The van der Waals surface area contributed by atoms with E-state index in [2.05, 4.69) is 10.6 Å². The molecule has 0 aliphatic heterocycles. The molecule has 2 aromatic rings. The highest BCUT2D eigenvalue weighted by molar-refractivity contribution is 8.00. The molecule has 126 valence electrons. The molecule has 0 heterocycles. The summed E-state index contributed by atoms with van der Waals surface area (Å²) in [5.74, 6) is 0.326. The zero-order chi connectivity index (χ0) is 17.4. The van der Waals surface area contributed by atoms with E-state index in [-0.39, 0.29) is 5.91 Å². The minimum Gasteiger partial charge on any atom is -0.465 e. The van der Waals surface area contributed by atoms with Crippen molar-refractivity contribution < 1.29 is 14.7 Å². The Morgan fingerprint density at radius 1 is 1.04 bits per heavy atom. The van der Waals surface area contributed by atoms with Gasteiger partial charge >= 0.3 is 6.09 Å². The maximum Gasteiger partial charge on any atom is 0.409 e. The molecular weight excluding hydrogens is 326 g/mol. The van der Waals surface area contributed by atoms with Crippen LogP contribution in [0.2, 0.25) is 0 Å². The van der Waals surface area contributed by atoms with Crippen LogP contribution < -0.4 is 16.4 Å². The Hall–Kier alpha value is -2.67. The van der Waals surface area contributed by atoms with E-state index in [9.17, 15) is 9.59 Å². The van der Waals surface area contributed by atoms with Gasteiger partial charge in [0, 0.05) is 22.8 Å². The average Bonchev–Trinajstić information content (AvgIpc) is 2.55. The van der Waals surface area contributed by atoms with Crippen molar-refractivity contribution in [2.45, 2.75) is 11.3 Å². The summed E-state index contributed by atoms with van der Waals surface area (Å²) in [4.78, 5) is 23.3. The quantitative estimate of drug-likeness (QED) is 0.456. The molecule has 0 aliphatic rings. The van der Waals surface area contributed by atoms with Gasteiger partial charge < -0.3 is 16.2 Å². The van der Waals surface area contributed by atoms with Crippen molar-refractivity contribution in [2.75, 3.05) is 23.3 Å². The molecule has 0 saturated carbocycles. The molecule has 0 spiro atoms. The van der Waals surface area contributed by atoms with E-state index in [1.807, 2.05) is 36.4 Å². The van der Waals surface area contributed by atoms with Crippen LogP contribution in [0, 0.1) is 0 Å². The average molecular weight is 345 g/mol. The monoisotopic (exact) mass is 345 g/mol. The third-order valence-corrected chi connectivity index (χ3v) is 4.20. The first kappa shape index (κ1) is 17.7. The number of nitrogen functional groups attached to an aromatic ring is 1. The van der Waals surface area contributed by atoms with Gasteiger partial charge in [-0.2, -0.15) is 0 Å². The molecule has 0 bridgehead atoms. The Bertz CT molecular complexity index is 687. The topological polar surface area (TPSA) is 104 Å². The van der Waals surface area contributed by atoms with Gasteiger partial charge in [0.1, 0.15) is 0 Å². The van der Waals surface area contributed by atoms with Crippen molar-refractivity contribution >= 4 is 35.1 Å². The van der Waals surface area contributed by atoms with Gasteiger partial charge in [-0.3, -0.25) is 10.1 Å². The number of hydrogen-bond acceptors (Lipinski definition) is 4. The first-order valence-electron chi connectivity index (χ1n) is 7.37. The van der Waals surface area contributed by atoms with Crippen LogP contribution in [0.1, 0.15) is 5.56 Å². The smallest absolute Gasteiger partial charge is 0.409 e. The van der Waals surface area contributed by atoms with E-state index in [0.29, 0.717) is 30.1 Å². The first-order valence-corrected chi connectivity index (χ1v) is 8.35. The summed E-state index contributed by atoms with van der Waals surface area (Å²) in [5.41, 5.74) is 7.87. The summed E-state index contributed by atoms with van der Waals surface area (Å²) in [6, 6.07) is 14.5. The lowest BCUT2D eigenvalue weighted by Gasteiger charge is -2.07. The van der Waals surface area contributed by atoms with Gasteiger partial charge in [-0.25, -0.2) is 4.79 Å². The number of thioether (sulfide) groups is 1. The largest absolute Gasteiger partial charge is 0.465 e. The van der Waals surface area contributed by atoms with Crippen LogP contribution in [0.3, 0.4) is 0 Å². The fourth-order valence-corrected chi connectivity index (χ4v) is 2.72. The minimum atomic E-state index is -1.09. The Labute approximate surface area is 144 Å². The normalized spacial score (nSPS) is 10.2. The minimum absolute atomic E-state index is 0.0269. The standard InChI is InChI=1S/C17H19N3O3S/c18-13-3-7-15(8-4-13)24-11-16(21)19-10-9-12-1-5-14(6-2-12)20-17(22)23/h1-8,20H,9-11,18H2,(H,19,21)(H,22,23). The van der Waals surface area contributed by atoms with Gasteiger partial charge in [0.15, 0.2) is 0 Å². The lowest BCUT2D eigenvalue weighted by Crippen LogP contribution is -2.27. The molecular formula is C17H19N3O3S. The van der Waals surface area contributed by atoms with Gasteiger partial charge in [0.05, 0.1) is 5.75 Å². The third kappa shape index (κ3) is 6.21. The number of carboxylic acid groups (broad SMARTS) is 1. The molecule has 2 rings (SSSR count). The summed E-state index contributed by atoms with van der Waals surface area (Å²) in [6.07, 6.45) is -0.403. The number of carbonyl (C=O) groups is 2. The summed E-state index contributed by atoms with van der Waals surface area (Å²) in [7, 11) is 0. The highest BCUT2D eigenvalue weighted by atomic mass is 32.2. The molecule has 2 amide bonds. The van der Waals surface area contributed by atoms with Crippen LogP contribution in [0.25, 0.3) is 0 Å². The number of benzene rings is 2. The van der Waals surface area contributed by atoms with Crippen LogP contribution in [-0.2, 0) is 11.2 Å². The Kier molecular flexibility index (Phi) is 6.51. The highest BCUT2D eigenvalue weighted by Gasteiger charge is 2.03. The summed E-state index contributed by atoms with van der Waals surface area (Å²) < 4.78 is 0. The Balaban J connectivity index is 1.68. The molecule has 0 fully saturated rings. The lowest BCUT2D eigenvalue weighted by atomic mass is 10.1. The molecule has 7 heteroatoms. The summed E-state index contributed by atoms with van der Waals surface area (Å²) >= 11 is 1.46. The fourth-order valence-electron chi connectivity index (χ4n) is 1.99. The van der Waals surface area contributed by atoms with Crippen molar-refractivity contribution in [2.24, 2.45) is 0 Å². The van der Waals surface area contributed by atoms with Gasteiger partial charge in [-0.05, 0) is 48.4 Å². The Morgan fingerprint density at radius 3 is 2.33 bits per heavy atom. The van der Waals surface area contributed by atoms with Gasteiger partial charge in [-0.15, -0.1) is 11.8 Å². The maximum atomic E-state index is 11.8. The number of nitrogens with one attached hydrogen (secondary N) is 2. The van der Waals surface area contributed by atoms with Gasteiger partial charge in [0.2, 0.25) is 5.91 Å². The zero-order valence-corrected chi connectivity index (χ0v) is 13.8. The van der Waals surface area contributed by atoms with Crippen LogP contribution in [0.4, 0.5) is 16.2 Å². The van der Waals surface area contributed by atoms with Crippen molar-refractivity contribution in [3.8, 4) is 0 Å². The second-order valence-corrected chi connectivity index (χ2v) is 6.13. The number of nitrogens with two attached hydrogens (primary N) is 1. The predicted molar refractivity (Wildman–Crippen MR) is 96.4 cm³/mol. The number of anilines is 2. The molecule has 5 N–H and O–H groups in total. The molecule has 0 aliphatic carbocycles. The van der Waals surface area contributed by atoms with Crippen molar-refractivity contribution in [3.63, 3.8) is 0 Å². The molecule has 0 aromatic heterocycles. The molecule has 6 nitrogen and oxygen atoms in total. The van der Waals surface area contributed by atoms with E-state index >= 15 is 0 Å². The number of carbonyl (C=O) groups excluding carboxylic acids is 1. The van der Waals surface area contributed by atoms with E-state index in [1.165, 1.54) is 11.8 Å². The number of rotatable bonds is 7. The van der Waals surface area contributed by atoms with E-state index < -0.39 is 6.09 Å². The SMILES string of the molecule is Nc1ccc(SCC(=O)NCCc2ccc(NC(=O)O)cc2)cc1. The lowest BCUT2D eigenvalue weighted by molar-refractivity contribution is -0.118. The number of amides is 2. The molecule has 0 radical (unpaired) electrons. The van der Waals surface area contributed by atoms with E-state index in [0.717, 1.165) is 10.5 Å². The van der Waals surface area contributed by atoms with Crippen molar-refractivity contribution in [1.82, 2.24) is 5.32 Å². The van der Waals surface area contributed by atoms with Crippen molar-refractivity contribution in [1.29, 1.82) is 0 Å². The highest BCUT2D eigenvalue weighted by Crippen LogP contribution is 2.18. The second kappa shape index (κ2) is 8.83. The molecule has 2 aromatic carbocycles. The van der Waals surface area contributed by atoms with Gasteiger partial charge in [0.25, 0.3) is 0 Å². The summed E-state index contributed by atoms with van der Waals surface area (Å²) in [5, 5.41) is 13.8. The zero-order valence-electron chi connectivity index (χ0n) is 13.0.